The molecule has 0 unspecified atom stereocenters. The van der Waals surface area contributed by atoms with Crippen LogP contribution in [0.4, 0.5) is 10.5 Å². The van der Waals surface area contributed by atoms with Crippen LogP contribution in [0, 0.1) is 6.92 Å². The van der Waals surface area contributed by atoms with E-state index in [1.165, 1.54) is 0 Å². The molecule has 0 saturated carbocycles. The van der Waals surface area contributed by atoms with E-state index in [0.717, 1.165) is 16.8 Å². The number of likely N-dealkylation sites (tertiary alicyclic amines) is 1. The summed E-state index contributed by atoms with van der Waals surface area (Å²) in [5.41, 5.74) is 3.32. The Hall–Kier alpha value is -3.55. The topological polar surface area (TPSA) is 79.4 Å². The summed E-state index contributed by atoms with van der Waals surface area (Å²) in [5, 5.41) is 0. The number of carbonyl (C=O) groups excluding carboxylic acids is 3. The third kappa shape index (κ3) is 4.22. The van der Waals surface area contributed by atoms with Gasteiger partial charge in [0, 0.05) is 56.0 Å². The standard InChI is InChI=1S/C27H31N3O5/c1-18(2)34-26(33)29-14-12-28(13-15-29)20-8-9-21(19(3)16-20)24(31)30-11-10-27(17-30)23-7-5-4-6-22(23)25(32)35-27/h4-9,16,18H,10-15,17H2,1-3H3/t27-/m0/s1. The van der Waals surface area contributed by atoms with Crippen molar-refractivity contribution >= 4 is 23.7 Å². The number of piperazine rings is 1. The van der Waals surface area contributed by atoms with E-state index in [9.17, 15) is 14.4 Å². The highest BCUT2D eigenvalue weighted by atomic mass is 16.6. The van der Waals surface area contributed by atoms with Gasteiger partial charge in [0.2, 0.25) is 0 Å². The number of esters is 1. The van der Waals surface area contributed by atoms with Crippen molar-refractivity contribution in [2.45, 2.75) is 38.9 Å². The maximum absolute atomic E-state index is 13.4. The van der Waals surface area contributed by atoms with Crippen LogP contribution in [0.2, 0.25) is 0 Å². The number of fused-ring (bicyclic) bond motifs is 2. The van der Waals surface area contributed by atoms with Gasteiger partial charge in [-0.25, -0.2) is 9.59 Å². The molecule has 2 amide bonds. The van der Waals surface area contributed by atoms with Gasteiger partial charge in [0.1, 0.15) is 0 Å². The number of anilines is 1. The Bertz CT molecular complexity index is 1170. The first kappa shape index (κ1) is 23.2. The monoisotopic (exact) mass is 477 g/mol. The van der Waals surface area contributed by atoms with Gasteiger partial charge in [-0.15, -0.1) is 0 Å². The molecule has 0 bridgehead atoms. The third-order valence-corrected chi connectivity index (χ3v) is 7.12. The van der Waals surface area contributed by atoms with E-state index in [4.69, 9.17) is 9.47 Å². The van der Waals surface area contributed by atoms with Gasteiger partial charge in [-0.1, -0.05) is 18.2 Å². The summed E-state index contributed by atoms with van der Waals surface area (Å²) in [6.45, 7) is 9.16. The quantitative estimate of drug-likeness (QED) is 0.629. The lowest BCUT2D eigenvalue weighted by Crippen LogP contribution is -2.49. The minimum atomic E-state index is -0.742. The Kier molecular flexibility index (Phi) is 5.91. The number of carbonyl (C=O) groups is 3. The van der Waals surface area contributed by atoms with E-state index in [1.54, 1.807) is 15.9 Å². The zero-order chi connectivity index (χ0) is 24.7. The van der Waals surface area contributed by atoms with Gasteiger partial charge < -0.3 is 24.2 Å². The normalized spacial score (nSPS) is 21.5. The van der Waals surface area contributed by atoms with Gasteiger partial charge in [-0.05, 0) is 50.6 Å². The van der Waals surface area contributed by atoms with Crippen molar-refractivity contribution < 1.29 is 23.9 Å². The number of amides is 2. The number of hydrogen-bond acceptors (Lipinski definition) is 6. The van der Waals surface area contributed by atoms with Gasteiger partial charge in [0.15, 0.2) is 5.60 Å². The van der Waals surface area contributed by atoms with Crippen LogP contribution in [0.15, 0.2) is 42.5 Å². The molecule has 0 aliphatic carbocycles. The van der Waals surface area contributed by atoms with Crippen LogP contribution < -0.4 is 4.90 Å². The van der Waals surface area contributed by atoms with Gasteiger partial charge in [0.25, 0.3) is 5.91 Å². The van der Waals surface area contributed by atoms with Crippen molar-refractivity contribution in [3.63, 3.8) is 0 Å². The molecular formula is C27H31N3O5. The summed E-state index contributed by atoms with van der Waals surface area (Å²) >= 11 is 0. The van der Waals surface area contributed by atoms with Crippen molar-refractivity contribution in [2.75, 3.05) is 44.2 Å². The first-order chi connectivity index (χ1) is 16.8. The van der Waals surface area contributed by atoms with Crippen LogP contribution >= 0.6 is 0 Å². The molecule has 0 N–H and O–H groups in total. The lowest BCUT2D eigenvalue weighted by atomic mass is 9.91. The number of nitrogens with zero attached hydrogens (tertiary/aromatic N) is 3. The maximum Gasteiger partial charge on any atom is 0.410 e. The van der Waals surface area contributed by atoms with Crippen molar-refractivity contribution in [1.82, 2.24) is 9.80 Å². The van der Waals surface area contributed by atoms with E-state index in [2.05, 4.69) is 4.90 Å². The van der Waals surface area contributed by atoms with Crippen LogP contribution in [0.25, 0.3) is 0 Å². The molecule has 3 aliphatic heterocycles. The van der Waals surface area contributed by atoms with E-state index < -0.39 is 5.60 Å². The molecule has 8 nitrogen and oxygen atoms in total. The highest BCUT2D eigenvalue weighted by Gasteiger charge is 2.51. The van der Waals surface area contributed by atoms with Crippen LogP contribution in [0.5, 0.6) is 0 Å². The average molecular weight is 478 g/mol. The Balaban J connectivity index is 1.25. The molecule has 35 heavy (non-hydrogen) atoms. The number of benzene rings is 2. The lowest BCUT2D eigenvalue weighted by Gasteiger charge is -2.36. The summed E-state index contributed by atoms with van der Waals surface area (Å²) in [5.74, 6) is -0.361. The van der Waals surface area contributed by atoms with E-state index in [1.807, 2.05) is 57.2 Å². The fourth-order valence-electron chi connectivity index (χ4n) is 5.28. The second-order valence-corrected chi connectivity index (χ2v) is 9.81. The zero-order valence-corrected chi connectivity index (χ0v) is 20.5. The molecule has 0 aromatic heterocycles. The highest BCUT2D eigenvalue weighted by Crippen LogP contribution is 2.43. The average Bonchev–Trinajstić information content (AvgIpc) is 3.39. The number of hydrogen-bond donors (Lipinski definition) is 0. The smallest absolute Gasteiger partial charge is 0.410 e. The summed E-state index contributed by atoms with van der Waals surface area (Å²) in [6.07, 6.45) is 0.201. The van der Waals surface area contributed by atoms with Crippen LogP contribution in [0.3, 0.4) is 0 Å². The van der Waals surface area contributed by atoms with Crippen LogP contribution in [0.1, 0.15) is 52.1 Å². The maximum atomic E-state index is 13.4. The summed E-state index contributed by atoms with van der Waals surface area (Å²) < 4.78 is 11.1. The molecule has 3 heterocycles. The minimum absolute atomic E-state index is 0.0485. The van der Waals surface area contributed by atoms with Gasteiger partial charge in [-0.3, -0.25) is 4.79 Å². The molecule has 2 aromatic rings. The molecule has 8 heteroatoms. The van der Waals surface area contributed by atoms with Gasteiger partial charge in [0.05, 0.1) is 18.2 Å². The van der Waals surface area contributed by atoms with Crippen molar-refractivity contribution in [1.29, 1.82) is 0 Å². The molecule has 184 valence electrons. The molecule has 5 rings (SSSR count). The highest BCUT2D eigenvalue weighted by molar-refractivity contribution is 5.97. The molecule has 1 spiro atoms. The first-order valence-electron chi connectivity index (χ1n) is 12.2. The number of rotatable bonds is 3. The second-order valence-electron chi connectivity index (χ2n) is 9.81. The number of ether oxygens (including phenoxy) is 2. The molecule has 1 atom stereocenters. The predicted molar refractivity (Wildman–Crippen MR) is 131 cm³/mol. The van der Waals surface area contributed by atoms with Crippen molar-refractivity contribution in [3.8, 4) is 0 Å². The lowest BCUT2D eigenvalue weighted by molar-refractivity contribution is -0.00307. The fourth-order valence-corrected chi connectivity index (χ4v) is 5.28. The Morgan fingerprint density at radius 1 is 1.00 bits per heavy atom. The van der Waals surface area contributed by atoms with E-state index in [-0.39, 0.29) is 24.1 Å². The molecule has 3 aliphatic rings. The first-order valence-corrected chi connectivity index (χ1v) is 12.2. The van der Waals surface area contributed by atoms with Crippen LogP contribution in [-0.2, 0) is 15.1 Å². The Morgan fingerprint density at radius 3 is 2.46 bits per heavy atom. The summed E-state index contributed by atoms with van der Waals surface area (Å²) in [6, 6.07) is 13.3. The molecule has 2 saturated heterocycles. The van der Waals surface area contributed by atoms with E-state index >= 15 is 0 Å². The summed E-state index contributed by atoms with van der Waals surface area (Å²) in [7, 11) is 0. The molecule has 2 aromatic carbocycles. The van der Waals surface area contributed by atoms with Gasteiger partial charge >= 0.3 is 12.1 Å². The second kappa shape index (κ2) is 8.91. The number of aryl methyl sites for hydroxylation is 1. The van der Waals surface area contributed by atoms with E-state index in [0.29, 0.717) is 56.8 Å². The van der Waals surface area contributed by atoms with Crippen molar-refractivity contribution in [2.24, 2.45) is 0 Å². The Morgan fingerprint density at radius 2 is 1.74 bits per heavy atom. The van der Waals surface area contributed by atoms with Crippen molar-refractivity contribution in [3.05, 3.63) is 64.7 Å². The largest absolute Gasteiger partial charge is 0.449 e. The molecular weight excluding hydrogens is 446 g/mol. The minimum Gasteiger partial charge on any atom is -0.449 e. The fraction of sp³-hybridized carbons (Fsp3) is 0.444. The molecule has 2 fully saturated rings. The SMILES string of the molecule is Cc1cc(N2CCN(C(=O)OC(C)C)CC2)ccc1C(=O)N1CC[C@@]2(C1)OC(=O)c1ccccc12. The summed E-state index contributed by atoms with van der Waals surface area (Å²) in [4.78, 5) is 43.7. The Labute approximate surface area is 205 Å². The van der Waals surface area contributed by atoms with Crippen LogP contribution in [-0.4, -0.2) is 73.1 Å². The van der Waals surface area contributed by atoms with Gasteiger partial charge in [-0.2, -0.15) is 0 Å². The molecule has 0 radical (unpaired) electrons. The zero-order valence-electron chi connectivity index (χ0n) is 20.5. The third-order valence-electron chi connectivity index (χ3n) is 7.12. The predicted octanol–water partition coefficient (Wildman–Crippen LogP) is 3.57.